The molecule has 4 nitrogen and oxygen atoms in total. The molecular formula is C11H15N3O. The molecule has 0 aliphatic rings. The van der Waals surface area contributed by atoms with E-state index in [1.807, 2.05) is 6.07 Å². The summed E-state index contributed by atoms with van der Waals surface area (Å²) in [6.07, 6.45) is 1.76. The highest BCUT2D eigenvalue weighted by molar-refractivity contribution is 5.78. The smallest absolute Gasteiger partial charge is 0.295 e. The quantitative estimate of drug-likeness (QED) is 0.706. The Kier molecular flexibility index (Phi) is 2.14. The number of aryl methyl sites for hydroxylation is 2. The molecule has 4 heteroatoms. The van der Waals surface area contributed by atoms with Crippen LogP contribution in [0.15, 0.2) is 17.1 Å². The lowest BCUT2D eigenvalue weighted by Gasteiger charge is -2.06. The molecule has 0 N–H and O–H groups in total. The Bertz CT molecular complexity index is 563. The highest BCUT2D eigenvalue weighted by Gasteiger charge is 2.14. The Balaban J connectivity index is 2.98. The van der Waals surface area contributed by atoms with Gasteiger partial charge < -0.3 is 0 Å². The van der Waals surface area contributed by atoms with Crippen LogP contribution in [0.5, 0.6) is 0 Å². The second-order valence-electron chi connectivity index (χ2n) is 4.12. The minimum atomic E-state index is -0.0000926. The number of nitrogens with zero attached hydrogens (tertiary/aromatic N) is 3. The van der Waals surface area contributed by atoms with Crippen LogP contribution in [0.4, 0.5) is 0 Å². The molecule has 0 radical (unpaired) electrons. The van der Waals surface area contributed by atoms with E-state index in [1.54, 1.807) is 29.4 Å². The van der Waals surface area contributed by atoms with E-state index in [4.69, 9.17) is 0 Å². The zero-order valence-electron chi connectivity index (χ0n) is 9.48. The first-order valence-corrected chi connectivity index (χ1v) is 5.04. The second kappa shape index (κ2) is 3.22. The second-order valence-corrected chi connectivity index (χ2v) is 4.12. The molecule has 80 valence electrons. The van der Waals surface area contributed by atoms with Crippen LogP contribution in [-0.4, -0.2) is 14.1 Å². The van der Waals surface area contributed by atoms with Crippen molar-refractivity contribution in [2.45, 2.75) is 19.8 Å². The molecule has 0 spiro atoms. The maximum absolute atomic E-state index is 11.8. The summed E-state index contributed by atoms with van der Waals surface area (Å²) >= 11 is 0. The van der Waals surface area contributed by atoms with Crippen LogP contribution >= 0.6 is 0 Å². The number of imidazole rings is 1. The van der Waals surface area contributed by atoms with Crippen molar-refractivity contribution in [2.24, 2.45) is 14.1 Å². The molecule has 0 atom stereocenters. The van der Waals surface area contributed by atoms with Crippen molar-refractivity contribution in [2.75, 3.05) is 0 Å². The minimum absolute atomic E-state index is 0.0000926. The Hall–Kier alpha value is -1.58. The van der Waals surface area contributed by atoms with Crippen molar-refractivity contribution in [3.63, 3.8) is 0 Å². The number of aromatic nitrogens is 3. The summed E-state index contributed by atoms with van der Waals surface area (Å²) in [5.41, 5.74) is 2.87. The highest BCUT2D eigenvalue weighted by atomic mass is 16.1. The molecule has 2 aromatic rings. The molecule has 2 rings (SSSR count). The number of rotatable bonds is 1. The van der Waals surface area contributed by atoms with Crippen LogP contribution in [0, 0.1) is 0 Å². The van der Waals surface area contributed by atoms with E-state index in [0.29, 0.717) is 5.92 Å². The third kappa shape index (κ3) is 1.28. The molecule has 0 bridgehead atoms. The van der Waals surface area contributed by atoms with Gasteiger partial charge in [-0.15, -0.1) is 0 Å². The molecular weight excluding hydrogens is 190 g/mol. The lowest BCUT2D eigenvalue weighted by molar-refractivity contribution is 0.782. The standard InChI is InChI=1S/C11H15N3O/c1-7(2)9-10-8(5-6-12-9)13(3)11(15)14(10)4/h5-7H,1-4H3. The average molecular weight is 205 g/mol. The fraction of sp³-hybridized carbons (Fsp3) is 0.455. The Morgan fingerprint density at radius 2 is 1.93 bits per heavy atom. The molecule has 2 heterocycles. The highest BCUT2D eigenvalue weighted by Crippen LogP contribution is 2.21. The van der Waals surface area contributed by atoms with E-state index in [0.717, 1.165) is 16.7 Å². The first-order chi connectivity index (χ1) is 7.04. The maximum Gasteiger partial charge on any atom is 0.328 e. The van der Waals surface area contributed by atoms with E-state index >= 15 is 0 Å². The predicted octanol–water partition coefficient (Wildman–Crippen LogP) is 1.40. The van der Waals surface area contributed by atoms with E-state index < -0.39 is 0 Å². The van der Waals surface area contributed by atoms with Crippen molar-refractivity contribution >= 4 is 11.0 Å². The van der Waals surface area contributed by atoms with Gasteiger partial charge in [0.05, 0.1) is 16.7 Å². The van der Waals surface area contributed by atoms with Gasteiger partial charge in [-0.25, -0.2) is 4.79 Å². The summed E-state index contributed by atoms with van der Waals surface area (Å²) in [4.78, 5) is 16.1. The largest absolute Gasteiger partial charge is 0.328 e. The van der Waals surface area contributed by atoms with Crippen molar-refractivity contribution in [1.82, 2.24) is 14.1 Å². The number of fused-ring (bicyclic) bond motifs is 1. The molecule has 0 fully saturated rings. The Morgan fingerprint density at radius 3 is 2.53 bits per heavy atom. The van der Waals surface area contributed by atoms with E-state index in [2.05, 4.69) is 18.8 Å². The topological polar surface area (TPSA) is 39.8 Å². The molecule has 0 aliphatic heterocycles. The van der Waals surface area contributed by atoms with Gasteiger partial charge in [-0.05, 0) is 12.0 Å². The zero-order chi connectivity index (χ0) is 11.2. The van der Waals surface area contributed by atoms with Gasteiger partial charge in [0.1, 0.15) is 0 Å². The number of hydrogen-bond acceptors (Lipinski definition) is 2. The molecule has 0 unspecified atom stereocenters. The van der Waals surface area contributed by atoms with Crippen LogP contribution in [-0.2, 0) is 14.1 Å². The van der Waals surface area contributed by atoms with Gasteiger partial charge in [0.25, 0.3) is 0 Å². The number of hydrogen-bond donors (Lipinski definition) is 0. The van der Waals surface area contributed by atoms with Gasteiger partial charge in [0.2, 0.25) is 0 Å². The molecule has 15 heavy (non-hydrogen) atoms. The van der Waals surface area contributed by atoms with Crippen molar-refractivity contribution in [3.8, 4) is 0 Å². The first kappa shape index (κ1) is 9.96. The third-order valence-corrected chi connectivity index (χ3v) is 2.75. The van der Waals surface area contributed by atoms with Crippen LogP contribution in [0.1, 0.15) is 25.5 Å². The van der Waals surface area contributed by atoms with E-state index in [1.165, 1.54) is 0 Å². The van der Waals surface area contributed by atoms with Gasteiger partial charge in [0.15, 0.2) is 0 Å². The van der Waals surface area contributed by atoms with Gasteiger partial charge in [-0.1, -0.05) is 13.8 Å². The van der Waals surface area contributed by atoms with Gasteiger partial charge >= 0.3 is 5.69 Å². The molecule has 2 aromatic heterocycles. The monoisotopic (exact) mass is 205 g/mol. The van der Waals surface area contributed by atoms with Gasteiger partial charge in [-0.2, -0.15) is 0 Å². The minimum Gasteiger partial charge on any atom is -0.295 e. The summed E-state index contributed by atoms with van der Waals surface area (Å²) in [5.74, 6) is 0.321. The van der Waals surface area contributed by atoms with Crippen LogP contribution in [0.2, 0.25) is 0 Å². The van der Waals surface area contributed by atoms with Crippen LogP contribution in [0.25, 0.3) is 11.0 Å². The zero-order valence-corrected chi connectivity index (χ0v) is 9.48. The molecule has 0 saturated carbocycles. The Labute approximate surface area is 88.2 Å². The van der Waals surface area contributed by atoms with Crippen LogP contribution in [0.3, 0.4) is 0 Å². The van der Waals surface area contributed by atoms with Crippen LogP contribution < -0.4 is 5.69 Å². The van der Waals surface area contributed by atoms with Gasteiger partial charge in [0, 0.05) is 20.3 Å². The summed E-state index contributed by atoms with van der Waals surface area (Å²) in [6.45, 7) is 4.17. The predicted molar refractivity (Wildman–Crippen MR) is 60.0 cm³/mol. The lowest BCUT2D eigenvalue weighted by Crippen LogP contribution is -2.19. The summed E-state index contributed by atoms with van der Waals surface area (Å²) in [7, 11) is 3.58. The van der Waals surface area contributed by atoms with Crippen molar-refractivity contribution in [3.05, 3.63) is 28.4 Å². The Morgan fingerprint density at radius 1 is 1.27 bits per heavy atom. The lowest BCUT2D eigenvalue weighted by atomic mass is 10.1. The third-order valence-electron chi connectivity index (χ3n) is 2.75. The average Bonchev–Trinajstić information content (AvgIpc) is 2.44. The summed E-state index contributed by atoms with van der Waals surface area (Å²) in [6, 6.07) is 1.88. The summed E-state index contributed by atoms with van der Waals surface area (Å²) < 4.78 is 3.32. The molecule has 0 aliphatic carbocycles. The SMILES string of the molecule is CC(C)c1nccc2c1n(C)c(=O)n2C. The normalized spacial score (nSPS) is 11.5. The fourth-order valence-corrected chi connectivity index (χ4v) is 1.92. The summed E-state index contributed by atoms with van der Waals surface area (Å²) in [5, 5.41) is 0. The van der Waals surface area contributed by atoms with Crippen molar-refractivity contribution in [1.29, 1.82) is 0 Å². The number of pyridine rings is 1. The van der Waals surface area contributed by atoms with E-state index in [9.17, 15) is 4.79 Å². The fourth-order valence-electron chi connectivity index (χ4n) is 1.92. The molecule has 0 amide bonds. The van der Waals surface area contributed by atoms with E-state index in [-0.39, 0.29) is 5.69 Å². The first-order valence-electron chi connectivity index (χ1n) is 5.04. The van der Waals surface area contributed by atoms with Gasteiger partial charge in [-0.3, -0.25) is 14.1 Å². The maximum atomic E-state index is 11.8. The molecule has 0 aromatic carbocycles. The molecule has 0 saturated heterocycles. The van der Waals surface area contributed by atoms with Crippen molar-refractivity contribution < 1.29 is 0 Å².